The average Bonchev–Trinajstić information content (AvgIpc) is 2.70. The summed E-state index contributed by atoms with van der Waals surface area (Å²) in [7, 11) is 0. The van der Waals surface area contributed by atoms with Gasteiger partial charge in [0.15, 0.2) is 0 Å². The first-order chi connectivity index (χ1) is 13.7. The molecule has 0 aromatic heterocycles. The fourth-order valence-corrected chi connectivity index (χ4v) is 3.47. The molecular formula is C22H25FN2O3. The quantitative estimate of drug-likeness (QED) is 0.846. The van der Waals surface area contributed by atoms with E-state index in [1.165, 1.54) is 12.5 Å². The summed E-state index contributed by atoms with van der Waals surface area (Å²) in [4.78, 5) is 14.3. The molecule has 1 N–H and O–H groups in total. The largest absolute Gasteiger partial charge is 0.490 e. The molecule has 1 aliphatic carbocycles. The summed E-state index contributed by atoms with van der Waals surface area (Å²) in [6.07, 6.45) is 3.23. The van der Waals surface area contributed by atoms with E-state index in [2.05, 4.69) is 5.32 Å². The van der Waals surface area contributed by atoms with E-state index in [9.17, 15) is 9.18 Å². The molecule has 1 heterocycles. The number of urea groups is 1. The minimum Gasteiger partial charge on any atom is -0.490 e. The van der Waals surface area contributed by atoms with Crippen molar-refractivity contribution in [2.75, 3.05) is 19.7 Å². The Balaban J connectivity index is 1.36. The number of ether oxygens (including phenoxy) is 2. The van der Waals surface area contributed by atoms with Crippen LogP contribution in [0.4, 0.5) is 9.18 Å². The molecule has 2 fully saturated rings. The molecule has 1 unspecified atom stereocenters. The molecule has 2 aromatic rings. The second-order valence-electron chi connectivity index (χ2n) is 7.26. The zero-order chi connectivity index (χ0) is 19.3. The van der Waals surface area contributed by atoms with Crippen molar-refractivity contribution in [3.63, 3.8) is 0 Å². The van der Waals surface area contributed by atoms with E-state index >= 15 is 0 Å². The number of hydrogen-bond donors (Lipinski definition) is 1. The molecular weight excluding hydrogens is 359 g/mol. The second-order valence-corrected chi connectivity index (χ2v) is 7.26. The lowest BCUT2D eigenvalue weighted by Crippen LogP contribution is -2.47. The molecule has 1 saturated carbocycles. The van der Waals surface area contributed by atoms with Gasteiger partial charge in [-0.25, -0.2) is 9.18 Å². The van der Waals surface area contributed by atoms with Crippen molar-refractivity contribution < 1.29 is 18.7 Å². The first-order valence-corrected chi connectivity index (χ1v) is 9.84. The van der Waals surface area contributed by atoms with Gasteiger partial charge in [0.25, 0.3) is 0 Å². The third-order valence-corrected chi connectivity index (χ3v) is 5.35. The number of para-hydroxylation sites is 1. The minimum atomic E-state index is -0.449. The number of amides is 2. The lowest BCUT2D eigenvalue weighted by molar-refractivity contribution is -0.0171. The number of carbonyl (C=O) groups excluding carboxylic acids is 1. The van der Waals surface area contributed by atoms with Crippen molar-refractivity contribution in [2.24, 2.45) is 0 Å². The van der Waals surface area contributed by atoms with Gasteiger partial charge in [-0.1, -0.05) is 36.4 Å². The van der Waals surface area contributed by atoms with E-state index in [1.54, 1.807) is 23.1 Å². The molecule has 0 spiro atoms. The van der Waals surface area contributed by atoms with Crippen LogP contribution in [-0.2, 0) is 11.3 Å². The monoisotopic (exact) mass is 384 g/mol. The Kier molecular flexibility index (Phi) is 5.76. The Morgan fingerprint density at radius 1 is 1.18 bits per heavy atom. The van der Waals surface area contributed by atoms with Crippen molar-refractivity contribution in [1.82, 2.24) is 10.2 Å². The van der Waals surface area contributed by atoms with Gasteiger partial charge in [-0.2, -0.15) is 0 Å². The first kappa shape index (κ1) is 18.7. The molecule has 1 atom stereocenters. The summed E-state index contributed by atoms with van der Waals surface area (Å²) in [5.41, 5.74) is 1.45. The van der Waals surface area contributed by atoms with Crippen LogP contribution in [0.5, 0.6) is 5.75 Å². The molecule has 2 amide bonds. The standard InChI is InChI=1S/C22H25FN2O3/c23-19-10-3-2-9-18(19)21-15-25(12-13-27-21)22(26)24-14-16-6-1-4-11-20(16)28-17-7-5-8-17/h1-4,6,9-11,17,21H,5,7-8,12-15H2,(H,24,26). The second kappa shape index (κ2) is 8.61. The molecule has 28 heavy (non-hydrogen) atoms. The SMILES string of the molecule is O=C(NCc1ccccc1OC1CCC1)N1CCOC(c2ccccc2F)C1. The zero-order valence-electron chi connectivity index (χ0n) is 15.8. The highest BCUT2D eigenvalue weighted by molar-refractivity contribution is 5.74. The van der Waals surface area contributed by atoms with Crippen LogP contribution in [0, 0.1) is 5.82 Å². The predicted octanol–water partition coefficient (Wildman–Crippen LogP) is 4.04. The van der Waals surface area contributed by atoms with Gasteiger partial charge in [-0.3, -0.25) is 0 Å². The van der Waals surface area contributed by atoms with Crippen LogP contribution < -0.4 is 10.1 Å². The molecule has 2 aliphatic rings. The van der Waals surface area contributed by atoms with Crippen LogP contribution in [0.2, 0.25) is 0 Å². The van der Waals surface area contributed by atoms with Crippen LogP contribution in [0.25, 0.3) is 0 Å². The van der Waals surface area contributed by atoms with Crippen LogP contribution >= 0.6 is 0 Å². The Morgan fingerprint density at radius 3 is 2.75 bits per heavy atom. The normalized spacial score (nSPS) is 19.8. The van der Waals surface area contributed by atoms with E-state index in [4.69, 9.17) is 9.47 Å². The van der Waals surface area contributed by atoms with E-state index in [1.807, 2.05) is 24.3 Å². The fourth-order valence-electron chi connectivity index (χ4n) is 3.47. The van der Waals surface area contributed by atoms with Gasteiger partial charge >= 0.3 is 6.03 Å². The van der Waals surface area contributed by atoms with Gasteiger partial charge < -0.3 is 19.7 Å². The number of benzene rings is 2. The van der Waals surface area contributed by atoms with Gasteiger partial charge in [-0.05, 0) is 31.4 Å². The van der Waals surface area contributed by atoms with Gasteiger partial charge in [0.05, 0.1) is 19.3 Å². The summed E-state index contributed by atoms with van der Waals surface area (Å²) >= 11 is 0. The number of carbonyl (C=O) groups is 1. The summed E-state index contributed by atoms with van der Waals surface area (Å²) < 4.78 is 25.8. The zero-order valence-corrected chi connectivity index (χ0v) is 15.8. The highest BCUT2D eigenvalue weighted by Crippen LogP contribution is 2.28. The molecule has 4 rings (SSSR count). The van der Waals surface area contributed by atoms with Crippen LogP contribution in [-0.4, -0.2) is 36.7 Å². The number of rotatable bonds is 5. The topological polar surface area (TPSA) is 50.8 Å². The van der Waals surface area contributed by atoms with Gasteiger partial charge in [-0.15, -0.1) is 0 Å². The van der Waals surface area contributed by atoms with E-state index in [-0.39, 0.29) is 18.0 Å². The van der Waals surface area contributed by atoms with E-state index in [0.717, 1.165) is 24.2 Å². The molecule has 5 nitrogen and oxygen atoms in total. The minimum absolute atomic E-state index is 0.178. The van der Waals surface area contributed by atoms with Crippen LogP contribution in [0.1, 0.15) is 36.5 Å². The Labute approximate surface area is 164 Å². The first-order valence-electron chi connectivity index (χ1n) is 9.84. The Morgan fingerprint density at radius 2 is 1.96 bits per heavy atom. The van der Waals surface area contributed by atoms with E-state index in [0.29, 0.717) is 31.8 Å². The van der Waals surface area contributed by atoms with E-state index < -0.39 is 6.10 Å². The molecule has 2 aromatic carbocycles. The van der Waals surface area contributed by atoms with Crippen LogP contribution in [0.3, 0.4) is 0 Å². The van der Waals surface area contributed by atoms with Crippen molar-refractivity contribution in [3.8, 4) is 5.75 Å². The fraction of sp³-hybridized carbons (Fsp3) is 0.409. The Bertz CT molecular complexity index is 825. The lowest BCUT2D eigenvalue weighted by Gasteiger charge is -2.33. The maximum atomic E-state index is 14.0. The number of nitrogens with zero attached hydrogens (tertiary/aromatic N) is 1. The smallest absolute Gasteiger partial charge is 0.317 e. The summed E-state index contributed by atoms with van der Waals surface area (Å²) in [6.45, 7) is 1.58. The van der Waals surface area contributed by atoms with Gasteiger partial charge in [0.1, 0.15) is 17.7 Å². The highest BCUT2D eigenvalue weighted by Gasteiger charge is 2.27. The predicted molar refractivity (Wildman–Crippen MR) is 104 cm³/mol. The molecule has 1 saturated heterocycles. The third kappa shape index (κ3) is 4.28. The summed E-state index contributed by atoms with van der Waals surface area (Å²) in [5, 5.41) is 2.96. The average molecular weight is 384 g/mol. The number of hydrogen-bond acceptors (Lipinski definition) is 3. The Hall–Kier alpha value is -2.60. The molecule has 0 bridgehead atoms. The number of nitrogens with one attached hydrogen (secondary N) is 1. The summed E-state index contributed by atoms with van der Waals surface area (Å²) in [6, 6.07) is 14.2. The summed E-state index contributed by atoms with van der Waals surface area (Å²) in [5.74, 6) is 0.524. The molecule has 1 aliphatic heterocycles. The van der Waals surface area contributed by atoms with Crippen molar-refractivity contribution in [2.45, 2.75) is 38.0 Å². The number of halogens is 1. The lowest BCUT2D eigenvalue weighted by atomic mass is 9.96. The van der Waals surface area contributed by atoms with Gasteiger partial charge in [0, 0.05) is 24.2 Å². The third-order valence-electron chi connectivity index (χ3n) is 5.35. The number of morpholine rings is 1. The molecule has 6 heteroatoms. The maximum Gasteiger partial charge on any atom is 0.317 e. The molecule has 0 radical (unpaired) electrons. The van der Waals surface area contributed by atoms with Crippen molar-refractivity contribution in [1.29, 1.82) is 0 Å². The van der Waals surface area contributed by atoms with Gasteiger partial charge in [0.2, 0.25) is 0 Å². The van der Waals surface area contributed by atoms with Crippen molar-refractivity contribution in [3.05, 3.63) is 65.5 Å². The molecule has 148 valence electrons. The van der Waals surface area contributed by atoms with Crippen LogP contribution in [0.15, 0.2) is 48.5 Å². The maximum absolute atomic E-state index is 14.0. The van der Waals surface area contributed by atoms with Crippen molar-refractivity contribution >= 4 is 6.03 Å². The highest BCUT2D eigenvalue weighted by atomic mass is 19.1.